The van der Waals surface area contributed by atoms with Crippen LogP contribution in [-0.4, -0.2) is 15.9 Å². The van der Waals surface area contributed by atoms with E-state index in [0.29, 0.717) is 22.3 Å². The first-order valence-electron chi connectivity index (χ1n) is 6.56. The summed E-state index contributed by atoms with van der Waals surface area (Å²) in [5.74, 6) is -0.292. The van der Waals surface area contributed by atoms with Gasteiger partial charge < -0.3 is 9.30 Å². The number of imidazole rings is 1. The molecule has 0 atom stereocenters. The number of aryl methyl sites for hydroxylation is 1. The smallest absolute Gasteiger partial charge is 0.406 e. The number of alkyl halides is 3. The number of hydrogen-bond acceptors (Lipinski definition) is 2. The average molecular weight is 317 g/mol. The molecular weight excluding hydrogens is 307 g/mol. The Labute approximate surface area is 129 Å². The third-order valence-electron chi connectivity index (χ3n) is 3.34. The minimum Gasteiger partial charge on any atom is -0.406 e. The molecule has 0 aliphatic heterocycles. The number of ether oxygens (including phenoxy) is 1. The number of halogens is 3. The summed E-state index contributed by atoms with van der Waals surface area (Å²) in [6.07, 6.45) is -3.09. The van der Waals surface area contributed by atoms with E-state index in [1.165, 1.54) is 24.3 Å². The summed E-state index contributed by atoms with van der Waals surface area (Å²) in [7, 11) is 1.81. The lowest BCUT2D eigenvalue weighted by molar-refractivity contribution is -0.274. The van der Waals surface area contributed by atoms with E-state index in [0.717, 1.165) is 5.52 Å². The maximum Gasteiger partial charge on any atom is 0.573 e. The monoisotopic (exact) mass is 317 g/mol. The zero-order valence-corrected chi connectivity index (χ0v) is 11.9. The van der Waals surface area contributed by atoms with Crippen molar-refractivity contribution >= 4 is 16.7 Å². The van der Waals surface area contributed by atoms with Crippen molar-refractivity contribution in [3.8, 4) is 16.9 Å². The summed E-state index contributed by atoms with van der Waals surface area (Å²) >= 11 is 0. The Morgan fingerprint density at radius 3 is 2.48 bits per heavy atom. The van der Waals surface area contributed by atoms with Crippen LogP contribution in [0.25, 0.3) is 27.0 Å². The third-order valence-corrected chi connectivity index (χ3v) is 3.34. The second-order valence-electron chi connectivity index (χ2n) is 4.90. The molecule has 23 heavy (non-hydrogen) atoms. The third kappa shape index (κ3) is 2.97. The number of fused-ring (bicyclic) bond motifs is 1. The summed E-state index contributed by atoms with van der Waals surface area (Å²) in [6.45, 7) is 7.18. The zero-order chi connectivity index (χ0) is 16.6. The van der Waals surface area contributed by atoms with E-state index in [9.17, 15) is 13.2 Å². The van der Waals surface area contributed by atoms with E-state index >= 15 is 0 Å². The van der Waals surface area contributed by atoms with Gasteiger partial charge >= 0.3 is 6.36 Å². The first kappa shape index (κ1) is 14.9. The molecule has 0 fully saturated rings. The van der Waals surface area contributed by atoms with Crippen molar-refractivity contribution in [2.24, 2.45) is 7.05 Å². The Kier molecular flexibility index (Phi) is 3.45. The molecule has 0 aliphatic rings. The standard InChI is InChI=1S/C16H10F3N3O/c1-20-11-7-13(15-14(8-11)22(2)9-21-15)10-3-5-12(6-4-10)23-16(17,18)19/h3-9H,2H3. The number of aromatic nitrogens is 2. The van der Waals surface area contributed by atoms with Crippen LogP contribution in [0.4, 0.5) is 18.9 Å². The quantitative estimate of drug-likeness (QED) is 0.642. The average Bonchev–Trinajstić information content (AvgIpc) is 2.87. The normalized spacial score (nSPS) is 11.4. The van der Waals surface area contributed by atoms with Gasteiger partial charge in [-0.15, -0.1) is 13.2 Å². The minimum atomic E-state index is -4.72. The van der Waals surface area contributed by atoms with Gasteiger partial charge in [0.05, 0.1) is 23.9 Å². The summed E-state index contributed by atoms with van der Waals surface area (Å²) < 4.78 is 42.3. The first-order chi connectivity index (χ1) is 10.9. The Hall–Kier alpha value is -3.01. The summed E-state index contributed by atoms with van der Waals surface area (Å²) in [5, 5.41) is 0. The van der Waals surface area contributed by atoms with Crippen molar-refractivity contribution in [3.63, 3.8) is 0 Å². The van der Waals surface area contributed by atoms with Crippen molar-refractivity contribution in [1.82, 2.24) is 9.55 Å². The fraction of sp³-hybridized carbons (Fsp3) is 0.125. The number of rotatable bonds is 2. The second kappa shape index (κ2) is 5.32. The van der Waals surface area contributed by atoms with Crippen molar-refractivity contribution in [3.05, 3.63) is 54.1 Å². The Balaban J connectivity index is 2.08. The van der Waals surface area contributed by atoms with Gasteiger partial charge in [-0.3, -0.25) is 0 Å². The van der Waals surface area contributed by atoms with E-state index in [1.807, 2.05) is 7.05 Å². The second-order valence-corrected chi connectivity index (χ2v) is 4.90. The predicted octanol–water partition coefficient (Wildman–Crippen LogP) is 4.69. The molecule has 116 valence electrons. The number of nitrogens with zero attached hydrogens (tertiary/aromatic N) is 3. The van der Waals surface area contributed by atoms with E-state index < -0.39 is 6.36 Å². The van der Waals surface area contributed by atoms with Gasteiger partial charge in [-0.2, -0.15) is 0 Å². The molecule has 3 aromatic rings. The Morgan fingerprint density at radius 1 is 1.17 bits per heavy atom. The molecule has 0 unspecified atom stereocenters. The molecule has 0 N–H and O–H groups in total. The van der Waals surface area contributed by atoms with Crippen LogP contribution in [0.1, 0.15) is 0 Å². The largest absolute Gasteiger partial charge is 0.573 e. The van der Waals surface area contributed by atoms with Gasteiger partial charge in [-0.25, -0.2) is 9.83 Å². The number of benzene rings is 2. The van der Waals surface area contributed by atoms with Gasteiger partial charge in [0.25, 0.3) is 0 Å². The lowest BCUT2D eigenvalue weighted by Gasteiger charge is -2.10. The van der Waals surface area contributed by atoms with Gasteiger partial charge in [-0.1, -0.05) is 12.1 Å². The molecule has 0 aliphatic carbocycles. The summed E-state index contributed by atoms with van der Waals surface area (Å²) in [6, 6.07) is 8.89. The molecule has 0 saturated carbocycles. The summed E-state index contributed by atoms with van der Waals surface area (Å²) in [5.41, 5.74) is 3.25. The van der Waals surface area contributed by atoms with Crippen LogP contribution in [0.2, 0.25) is 0 Å². The highest BCUT2D eigenvalue weighted by atomic mass is 19.4. The molecule has 1 heterocycles. The number of hydrogen-bond donors (Lipinski definition) is 0. The van der Waals surface area contributed by atoms with E-state index in [2.05, 4.69) is 14.6 Å². The molecular formula is C16H10F3N3O. The minimum absolute atomic E-state index is 0.292. The van der Waals surface area contributed by atoms with Crippen LogP contribution in [0.3, 0.4) is 0 Å². The fourth-order valence-electron chi connectivity index (χ4n) is 2.34. The van der Waals surface area contributed by atoms with Gasteiger partial charge in [0.1, 0.15) is 5.75 Å². The molecule has 2 aromatic carbocycles. The van der Waals surface area contributed by atoms with Gasteiger partial charge in [0.2, 0.25) is 0 Å². The lowest BCUT2D eigenvalue weighted by atomic mass is 10.0. The first-order valence-corrected chi connectivity index (χ1v) is 6.56. The lowest BCUT2D eigenvalue weighted by Crippen LogP contribution is -2.16. The van der Waals surface area contributed by atoms with Gasteiger partial charge in [0, 0.05) is 7.05 Å². The SMILES string of the molecule is [C-]#[N+]c1cc(-c2ccc(OC(F)(F)F)cc2)c2ncn(C)c2c1. The molecule has 4 nitrogen and oxygen atoms in total. The van der Waals surface area contributed by atoms with Crippen molar-refractivity contribution < 1.29 is 17.9 Å². The molecule has 0 bridgehead atoms. The van der Waals surface area contributed by atoms with Crippen LogP contribution < -0.4 is 4.74 Å². The van der Waals surface area contributed by atoms with E-state index in [1.54, 1.807) is 23.0 Å². The van der Waals surface area contributed by atoms with Crippen LogP contribution in [0.5, 0.6) is 5.75 Å². The van der Waals surface area contributed by atoms with Crippen molar-refractivity contribution in [1.29, 1.82) is 0 Å². The van der Waals surface area contributed by atoms with Crippen LogP contribution in [-0.2, 0) is 7.05 Å². The Morgan fingerprint density at radius 2 is 1.87 bits per heavy atom. The highest BCUT2D eigenvalue weighted by Crippen LogP contribution is 2.33. The molecule has 0 spiro atoms. The Bertz CT molecular complexity index is 905. The maximum atomic E-state index is 12.2. The molecule has 0 saturated heterocycles. The molecule has 0 amide bonds. The molecule has 0 radical (unpaired) electrons. The highest BCUT2D eigenvalue weighted by molar-refractivity contribution is 5.95. The van der Waals surface area contributed by atoms with E-state index in [4.69, 9.17) is 6.57 Å². The van der Waals surface area contributed by atoms with E-state index in [-0.39, 0.29) is 5.75 Å². The molecule has 7 heteroatoms. The van der Waals surface area contributed by atoms with Crippen LogP contribution in [0.15, 0.2) is 42.7 Å². The van der Waals surface area contributed by atoms with Gasteiger partial charge in [-0.05, 0) is 35.4 Å². The summed E-state index contributed by atoms with van der Waals surface area (Å²) in [4.78, 5) is 7.73. The van der Waals surface area contributed by atoms with Crippen LogP contribution in [0, 0.1) is 6.57 Å². The van der Waals surface area contributed by atoms with Crippen LogP contribution >= 0.6 is 0 Å². The molecule has 3 rings (SSSR count). The highest BCUT2D eigenvalue weighted by Gasteiger charge is 2.31. The van der Waals surface area contributed by atoms with Crippen molar-refractivity contribution in [2.75, 3.05) is 0 Å². The maximum absolute atomic E-state index is 12.2. The van der Waals surface area contributed by atoms with Gasteiger partial charge in [0.15, 0.2) is 5.69 Å². The topological polar surface area (TPSA) is 31.4 Å². The fourth-order valence-corrected chi connectivity index (χ4v) is 2.34. The van der Waals surface area contributed by atoms with Crippen molar-refractivity contribution in [2.45, 2.75) is 6.36 Å². The predicted molar refractivity (Wildman–Crippen MR) is 79.1 cm³/mol. The zero-order valence-electron chi connectivity index (χ0n) is 11.9. The molecule has 1 aromatic heterocycles.